The minimum Gasteiger partial charge on any atom is -0.444 e. The smallest absolute Gasteiger partial charge is 0.413 e. The standard InChI is InChI=1S/C23H27N5O4S/c1-13(2)25-20(30)17-8-6-7-16(26-17)19(29)24-12-14-9-10-15-18(11-14)33-21(27-15)28-22(31)32-23(3,4)5/h6-11,13H,12H2,1-5H3,(H,24,29)(H,25,30)(H,27,28,31). The molecule has 3 N–H and O–H groups in total. The number of fused-ring (bicyclic) bond motifs is 1. The number of thiazole rings is 1. The molecule has 3 rings (SSSR count). The molecule has 0 bridgehead atoms. The minimum atomic E-state index is -0.598. The van der Waals surface area contributed by atoms with Gasteiger partial charge < -0.3 is 15.4 Å². The van der Waals surface area contributed by atoms with E-state index in [-0.39, 0.29) is 35.8 Å². The molecule has 174 valence electrons. The summed E-state index contributed by atoms with van der Waals surface area (Å²) in [6.45, 7) is 9.34. The summed E-state index contributed by atoms with van der Waals surface area (Å²) in [7, 11) is 0. The van der Waals surface area contributed by atoms with Crippen molar-refractivity contribution in [3.05, 3.63) is 53.3 Å². The lowest BCUT2D eigenvalue weighted by molar-refractivity contribution is 0.0635. The van der Waals surface area contributed by atoms with Gasteiger partial charge in [0.15, 0.2) is 5.13 Å². The van der Waals surface area contributed by atoms with E-state index in [1.807, 2.05) is 32.0 Å². The lowest BCUT2D eigenvalue weighted by atomic mass is 10.2. The van der Waals surface area contributed by atoms with Crippen LogP contribution in [0.5, 0.6) is 0 Å². The van der Waals surface area contributed by atoms with Gasteiger partial charge in [-0.05, 0) is 64.4 Å². The summed E-state index contributed by atoms with van der Waals surface area (Å²) in [4.78, 5) is 45.2. The van der Waals surface area contributed by atoms with Crippen LogP contribution >= 0.6 is 11.3 Å². The molecule has 9 nitrogen and oxygen atoms in total. The number of anilines is 1. The van der Waals surface area contributed by atoms with Gasteiger partial charge in [-0.15, -0.1) is 0 Å². The molecule has 3 amide bonds. The van der Waals surface area contributed by atoms with E-state index >= 15 is 0 Å². The van der Waals surface area contributed by atoms with E-state index in [0.717, 1.165) is 15.8 Å². The molecule has 0 saturated carbocycles. The normalized spacial score (nSPS) is 11.3. The monoisotopic (exact) mass is 469 g/mol. The molecule has 1 aromatic carbocycles. The molecule has 0 radical (unpaired) electrons. The molecule has 0 fully saturated rings. The van der Waals surface area contributed by atoms with Crippen molar-refractivity contribution in [2.45, 2.75) is 52.8 Å². The summed E-state index contributed by atoms with van der Waals surface area (Å²) in [5.74, 6) is -0.711. The summed E-state index contributed by atoms with van der Waals surface area (Å²) in [6, 6.07) is 10.3. The van der Waals surface area contributed by atoms with Crippen molar-refractivity contribution in [3.8, 4) is 0 Å². The zero-order chi connectivity index (χ0) is 24.2. The van der Waals surface area contributed by atoms with E-state index in [1.54, 1.807) is 39.0 Å². The Labute approximate surface area is 196 Å². The van der Waals surface area contributed by atoms with Gasteiger partial charge in [-0.1, -0.05) is 23.5 Å². The van der Waals surface area contributed by atoms with Crippen LogP contribution in [0.1, 0.15) is 61.2 Å². The van der Waals surface area contributed by atoms with Crippen molar-refractivity contribution in [2.75, 3.05) is 5.32 Å². The van der Waals surface area contributed by atoms with Crippen molar-refractivity contribution < 1.29 is 19.1 Å². The Bertz CT molecular complexity index is 1180. The quantitative estimate of drug-likeness (QED) is 0.499. The highest BCUT2D eigenvalue weighted by atomic mass is 32.1. The van der Waals surface area contributed by atoms with Crippen molar-refractivity contribution in [1.82, 2.24) is 20.6 Å². The third kappa shape index (κ3) is 6.98. The van der Waals surface area contributed by atoms with Crippen LogP contribution in [-0.4, -0.2) is 39.5 Å². The molecule has 0 aliphatic rings. The van der Waals surface area contributed by atoms with Crippen LogP contribution in [0.2, 0.25) is 0 Å². The van der Waals surface area contributed by atoms with E-state index in [9.17, 15) is 14.4 Å². The second-order valence-electron chi connectivity index (χ2n) is 8.67. The number of carbonyl (C=O) groups excluding carboxylic acids is 3. The number of pyridine rings is 1. The summed E-state index contributed by atoms with van der Waals surface area (Å²) in [5, 5.41) is 8.64. The fourth-order valence-electron chi connectivity index (χ4n) is 2.82. The average Bonchev–Trinajstić information content (AvgIpc) is 3.11. The Hall–Kier alpha value is -3.53. The number of rotatable bonds is 6. The molecule has 10 heteroatoms. The molecule has 0 aliphatic carbocycles. The fraction of sp³-hybridized carbons (Fsp3) is 0.348. The van der Waals surface area contributed by atoms with Crippen LogP contribution in [0, 0.1) is 0 Å². The predicted molar refractivity (Wildman–Crippen MR) is 127 cm³/mol. The minimum absolute atomic E-state index is 0.0294. The number of hydrogen-bond donors (Lipinski definition) is 3. The van der Waals surface area contributed by atoms with Gasteiger partial charge in [0.2, 0.25) is 0 Å². The van der Waals surface area contributed by atoms with Gasteiger partial charge in [-0.25, -0.2) is 14.8 Å². The molecule has 2 heterocycles. The molecule has 0 atom stereocenters. The first-order valence-electron chi connectivity index (χ1n) is 10.5. The van der Waals surface area contributed by atoms with E-state index < -0.39 is 11.7 Å². The molecular formula is C23H27N5O4S. The fourth-order valence-corrected chi connectivity index (χ4v) is 3.74. The van der Waals surface area contributed by atoms with Crippen molar-refractivity contribution in [3.63, 3.8) is 0 Å². The summed E-state index contributed by atoms with van der Waals surface area (Å²) >= 11 is 1.31. The molecule has 0 saturated heterocycles. The van der Waals surface area contributed by atoms with Crippen LogP contribution in [0.4, 0.5) is 9.93 Å². The highest BCUT2D eigenvalue weighted by Crippen LogP contribution is 2.27. The van der Waals surface area contributed by atoms with Gasteiger partial charge in [0.25, 0.3) is 11.8 Å². The Balaban J connectivity index is 1.64. The zero-order valence-corrected chi connectivity index (χ0v) is 20.0. The van der Waals surface area contributed by atoms with Crippen LogP contribution in [-0.2, 0) is 11.3 Å². The van der Waals surface area contributed by atoms with Gasteiger partial charge in [-0.2, -0.15) is 0 Å². The van der Waals surface area contributed by atoms with Crippen LogP contribution in [0.25, 0.3) is 10.2 Å². The maximum Gasteiger partial charge on any atom is 0.413 e. The number of hydrogen-bond acceptors (Lipinski definition) is 7. The second-order valence-corrected chi connectivity index (χ2v) is 9.70. The first-order valence-corrected chi connectivity index (χ1v) is 11.3. The van der Waals surface area contributed by atoms with Gasteiger partial charge >= 0.3 is 6.09 Å². The number of aromatic nitrogens is 2. The largest absolute Gasteiger partial charge is 0.444 e. The number of nitrogens with one attached hydrogen (secondary N) is 3. The molecule has 0 spiro atoms. The lowest BCUT2D eigenvalue weighted by Crippen LogP contribution is -2.31. The summed E-state index contributed by atoms with van der Waals surface area (Å²) in [6.07, 6.45) is -0.564. The summed E-state index contributed by atoms with van der Waals surface area (Å²) in [5.41, 5.74) is 1.34. The maximum atomic E-state index is 12.5. The third-order valence-corrected chi connectivity index (χ3v) is 5.08. The topological polar surface area (TPSA) is 122 Å². The second kappa shape index (κ2) is 9.95. The Morgan fingerprint density at radius 1 is 1.03 bits per heavy atom. The van der Waals surface area contributed by atoms with Crippen LogP contribution < -0.4 is 16.0 Å². The first kappa shape index (κ1) is 24.1. The van der Waals surface area contributed by atoms with Gasteiger partial charge in [0.1, 0.15) is 17.0 Å². The molecular weight excluding hydrogens is 442 g/mol. The maximum absolute atomic E-state index is 12.5. The van der Waals surface area contributed by atoms with E-state index in [0.29, 0.717) is 5.13 Å². The highest BCUT2D eigenvalue weighted by Gasteiger charge is 2.18. The third-order valence-electron chi connectivity index (χ3n) is 4.15. The molecule has 0 unspecified atom stereocenters. The van der Waals surface area contributed by atoms with Crippen molar-refractivity contribution in [1.29, 1.82) is 0 Å². The number of amides is 3. The van der Waals surface area contributed by atoms with Gasteiger partial charge in [0.05, 0.1) is 10.2 Å². The Kier molecular flexibility index (Phi) is 7.27. The zero-order valence-electron chi connectivity index (χ0n) is 19.2. The molecule has 2 aromatic heterocycles. The predicted octanol–water partition coefficient (Wildman–Crippen LogP) is 4.11. The lowest BCUT2D eigenvalue weighted by Gasteiger charge is -2.18. The van der Waals surface area contributed by atoms with E-state index in [2.05, 4.69) is 25.9 Å². The number of nitrogens with zero attached hydrogens (tertiary/aromatic N) is 2. The first-order chi connectivity index (χ1) is 15.5. The van der Waals surface area contributed by atoms with Crippen LogP contribution in [0.3, 0.4) is 0 Å². The molecule has 0 aliphatic heterocycles. The average molecular weight is 470 g/mol. The van der Waals surface area contributed by atoms with Crippen molar-refractivity contribution >= 4 is 44.6 Å². The highest BCUT2D eigenvalue weighted by molar-refractivity contribution is 7.22. The van der Waals surface area contributed by atoms with Crippen LogP contribution in [0.15, 0.2) is 36.4 Å². The molecule has 33 heavy (non-hydrogen) atoms. The number of carbonyl (C=O) groups is 3. The van der Waals surface area contributed by atoms with Gasteiger partial charge in [0, 0.05) is 12.6 Å². The Morgan fingerprint density at radius 2 is 1.73 bits per heavy atom. The van der Waals surface area contributed by atoms with E-state index in [1.165, 1.54) is 11.3 Å². The van der Waals surface area contributed by atoms with Crippen molar-refractivity contribution in [2.24, 2.45) is 0 Å². The molecule has 3 aromatic rings. The SMILES string of the molecule is CC(C)NC(=O)c1cccc(C(=O)NCc2ccc3nc(NC(=O)OC(C)(C)C)sc3c2)n1. The number of ether oxygens (including phenoxy) is 1. The van der Waals surface area contributed by atoms with Gasteiger partial charge in [-0.3, -0.25) is 14.9 Å². The number of benzene rings is 1. The van der Waals surface area contributed by atoms with E-state index in [4.69, 9.17) is 4.74 Å². The summed E-state index contributed by atoms with van der Waals surface area (Å²) < 4.78 is 6.11. The Morgan fingerprint density at radius 3 is 2.39 bits per heavy atom.